The molecule has 1 aliphatic heterocycles. The van der Waals surface area contributed by atoms with E-state index in [2.05, 4.69) is 17.3 Å². The van der Waals surface area contributed by atoms with Gasteiger partial charge in [0.25, 0.3) is 0 Å². The first-order valence-corrected chi connectivity index (χ1v) is 9.10. The second-order valence-corrected chi connectivity index (χ2v) is 8.83. The van der Waals surface area contributed by atoms with E-state index < -0.39 is 0 Å². The van der Waals surface area contributed by atoms with Gasteiger partial charge in [0, 0.05) is 13.1 Å². The van der Waals surface area contributed by atoms with Crippen LogP contribution < -0.4 is 5.32 Å². The van der Waals surface area contributed by atoms with E-state index in [1.54, 1.807) is 38.5 Å². The first-order chi connectivity index (χ1) is 9.71. The average Bonchev–Trinajstić information content (AvgIpc) is 2.37. The lowest BCUT2D eigenvalue weighted by Crippen LogP contribution is -2.51. The van der Waals surface area contributed by atoms with Crippen molar-refractivity contribution in [3.05, 3.63) is 0 Å². The summed E-state index contributed by atoms with van der Waals surface area (Å²) < 4.78 is 0. The highest BCUT2D eigenvalue weighted by Crippen LogP contribution is 2.60. The van der Waals surface area contributed by atoms with Crippen LogP contribution in [0, 0.1) is 29.1 Å². The molecule has 1 atom stereocenters. The zero-order valence-corrected chi connectivity index (χ0v) is 13.2. The van der Waals surface area contributed by atoms with Gasteiger partial charge in [-0.15, -0.1) is 0 Å². The molecule has 5 aliphatic rings. The summed E-state index contributed by atoms with van der Waals surface area (Å²) in [5.74, 6) is 4.21. The summed E-state index contributed by atoms with van der Waals surface area (Å²) in [6, 6.07) is 0. The van der Waals surface area contributed by atoms with Crippen LogP contribution in [0.15, 0.2) is 0 Å². The predicted molar refractivity (Wildman–Crippen MR) is 83.7 cm³/mol. The summed E-state index contributed by atoms with van der Waals surface area (Å²) in [4.78, 5) is 2.70. The molecule has 2 nitrogen and oxygen atoms in total. The minimum absolute atomic E-state index is 0.728. The molecule has 5 fully saturated rings. The summed E-state index contributed by atoms with van der Waals surface area (Å²) >= 11 is 0. The molecule has 0 aromatic carbocycles. The van der Waals surface area contributed by atoms with Gasteiger partial charge in [-0.2, -0.15) is 0 Å². The Morgan fingerprint density at radius 3 is 2.25 bits per heavy atom. The fourth-order valence-electron chi connectivity index (χ4n) is 6.64. The second-order valence-electron chi connectivity index (χ2n) is 8.83. The summed E-state index contributed by atoms with van der Waals surface area (Å²) in [5, 5.41) is 3.57. The highest BCUT2D eigenvalue weighted by molar-refractivity contribution is 5.02. The number of rotatable bonds is 4. The van der Waals surface area contributed by atoms with Crippen LogP contribution in [0.5, 0.6) is 0 Å². The van der Waals surface area contributed by atoms with Gasteiger partial charge in [-0.1, -0.05) is 0 Å². The van der Waals surface area contributed by atoms with Crippen LogP contribution in [-0.4, -0.2) is 38.1 Å². The second kappa shape index (κ2) is 5.28. The molecule has 4 aliphatic carbocycles. The maximum Gasteiger partial charge on any atom is 0.00354 e. The summed E-state index contributed by atoms with van der Waals surface area (Å²) in [6.07, 6.45) is 12.2. The molecular weight excluding hydrogens is 244 g/mol. The van der Waals surface area contributed by atoms with E-state index in [1.165, 1.54) is 39.0 Å². The third kappa shape index (κ3) is 2.66. The van der Waals surface area contributed by atoms with Crippen molar-refractivity contribution in [3.8, 4) is 0 Å². The zero-order valence-electron chi connectivity index (χ0n) is 13.2. The van der Waals surface area contributed by atoms with E-state index in [-0.39, 0.29) is 0 Å². The highest BCUT2D eigenvalue weighted by Gasteiger charge is 2.50. The van der Waals surface area contributed by atoms with E-state index in [9.17, 15) is 0 Å². The fraction of sp³-hybridized carbons (Fsp3) is 1.00. The van der Waals surface area contributed by atoms with Gasteiger partial charge in [0.1, 0.15) is 0 Å². The molecule has 5 rings (SSSR count). The Hall–Kier alpha value is -0.0800. The number of hydrogen-bond acceptors (Lipinski definition) is 2. The molecule has 1 saturated heterocycles. The van der Waals surface area contributed by atoms with E-state index in [0.717, 1.165) is 29.1 Å². The zero-order chi connectivity index (χ0) is 13.6. The summed E-state index contributed by atoms with van der Waals surface area (Å²) in [6.45, 7) is 5.22. The lowest BCUT2D eigenvalue weighted by molar-refractivity contribution is -0.0676. The molecule has 2 heteroatoms. The first kappa shape index (κ1) is 13.6. The maximum atomic E-state index is 3.57. The normalized spacial score (nSPS) is 47.1. The van der Waals surface area contributed by atoms with E-state index >= 15 is 0 Å². The molecule has 1 unspecified atom stereocenters. The molecule has 4 saturated carbocycles. The first-order valence-electron chi connectivity index (χ1n) is 9.10. The monoisotopic (exact) mass is 276 g/mol. The van der Waals surface area contributed by atoms with Gasteiger partial charge in [-0.25, -0.2) is 0 Å². The molecule has 20 heavy (non-hydrogen) atoms. The molecule has 0 aromatic heterocycles. The number of nitrogens with one attached hydrogen (secondary N) is 1. The summed E-state index contributed by atoms with van der Waals surface area (Å²) in [7, 11) is 2.40. The Kier molecular flexibility index (Phi) is 3.58. The molecule has 1 heterocycles. The van der Waals surface area contributed by atoms with Gasteiger partial charge in [0.15, 0.2) is 0 Å². The minimum Gasteiger partial charge on any atom is -0.316 e. The third-order valence-corrected chi connectivity index (χ3v) is 6.74. The summed E-state index contributed by atoms with van der Waals surface area (Å²) in [5.41, 5.74) is 0.728. The van der Waals surface area contributed by atoms with Crippen molar-refractivity contribution in [1.82, 2.24) is 10.2 Å². The Bertz CT molecular complexity index is 310. The minimum atomic E-state index is 0.728. The molecule has 0 aromatic rings. The predicted octanol–water partition coefficient (Wildman–Crippen LogP) is 3.13. The molecule has 0 spiro atoms. The van der Waals surface area contributed by atoms with Crippen LogP contribution in [-0.2, 0) is 0 Å². The number of piperidine rings is 1. The highest BCUT2D eigenvalue weighted by atomic mass is 15.1. The number of nitrogens with zero attached hydrogens (tertiary/aromatic N) is 1. The van der Waals surface area contributed by atoms with Crippen molar-refractivity contribution in [1.29, 1.82) is 0 Å². The molecule has 0 radical (unpaired) electrons. The van der Waals surface area contributed by atoms with Gasteiger partial charge in [0.05, 0.1) is 0 Å². The van der Waals surface area contributed by atoms with Crippen LogP contribution in [0.4, 0.5) is 0 Å². The van der Waals surface area contributed by atoms with E-state index in [1.807, 2.05) is 0 Å². The van der Waals surface area contributed by atoms with Crippen LogP contribution in [0.2, 0.25) is 0 Å². The quantitative estimate of drug-likeness (QED) is 0.848. The van der Waals surface area contributed by atoms with Gasteiger partial charge < -0.3 is 10.2 Å². The van der Waals surface area contributed by atoms with E-state index in [4.69, 9.17) is 0 Å². The van der Waals surface area contributed by atoms with Crippen molar-refractivity contribution in [3.63, 3.8) is 0 Å². The topological polar surface area (TPSA) is 15.3 Å². The third-order valence-electron chi connectivity index (χ3n) is 6.74. The van der Waals surface area contributed by atoms with Crippen LogP contribution in [0.25, 0.3) is 0 Å². The van der Waals surface area contributed by atoms with Gasteiger partial charge in [0.2, 0.25) is 0 Å². The Morgan fingerprint density at radius 1 is 1.05 bits per heavy atom. The Labute approximate surface area is 124 Å². The van der Waals surface area contributed by atoms with E-state index in [0.29, 0.717) is 0 Å². The SMILES string of the molecule is CN(CC1CCCNC1)CC12CC3CC(CC(C3)C1)C2. The van der Waals surface area contributed by atoms with Crippen molar-refractivity contribution >= 4 is 0 Å². The fourth-order valence-corrected chi connectivity index (χ4v) is 6.64. The molecule has 4 bridgehead atoms. The van der Waals surface area contributed by atoms with Crippen LogP contribution >= 0.6 is 0 Å². The average molecular weight is 276 g/mol. The van der Waals surface area contributed by atoms with Gasteiger partial charge in [-0.3, -0.25) is 0 Å². The van der Waals surface area contributed by atoms with Gasteiger partial charge in [-0.05, 0) is 101 Å². The van der Waals surface area contributed by atoms with Crippen molar-refractivity contribution in [2.75, 3.05) is 33.2 Å². The van der Waals surface area contributed by atoms with Crippen LogP contribution in [0.3, 0.4) is 0 Å². The standard InChI is InChI=1S/C18H32N2/c1-20(12-14-3-2-4-19-11-14)13-18-8-15-5-16(9-18)7-17(6-15)10-18/h14-17,19H,2-13H2,1H3. The Morgan fingerprint density at radius 2 is 1.70 bits per heavy atom. The molecule has 0 amide bonds. The number of hydrogen-bond donors (Lipinski definition) is 1. The van der Waals surface area contributed by atoms with Crippen LogP contribution in [0.1, 0.15) is 51.4 Å². The van der Waals surface area contributed by atoms with Gasteiger partial charge >= 0.3 is 0 Å². The largest absolute Gasteiger partial charge is 0.316 e. The van der Waals surface area contributed by atoms with Crippen molar-refractivity contribution in [2.45, 2.75) is 51.4 Å². The lowest BCUT2D eigenvalue weighted by Gasteiger charge is -2.58. The molecule has 1 N–H and O–H groups in total. The Balaban J connectivity index is 1.36. The smallest absolute Gasteiger partial charge is 0.00354 e. The van der Waals surface area contributed by atoms with Crippen molar-refractivity contribution in [2.24, 2.45) is 29.1 Å². The molecule has 114 valence electrons. The van der Waals surface area contributed by atoms with Crippen molar-refractivity contribution < 1.29 is 0 Å². The molecular formula is C18H32N2. The maximum absolute atomic E-state index is 3.57. The lowest BCUT2D eigenvalue weighted by atomic mass is 9.49.